The van der Waals surface area contributed by atoms with Crippen molar-refractivity contribution < 1.29 is 14.5 Å². The highest BCUT2D eigenvalue weighted by Gasteiger charge is 2.16. The largest absolute Gasteiger partial charge is 0.482 e. The van der Waals surface area contributed by atoms with Crippen LogP contribution in [0.3, 0.4) is 0 Å². The highest BCUT2D eigenvalue weighted by molar-refractivity contribution is 5.93. The molecule has 1 amide bonds. The number of amides is 1. The highest BCUT2D eigenvalue weighted by atomic mass is 16.6. The summed E-state index contributed by atoms with van der Waals surface area (Å²) in [5.74, 6) is 0.0282. The average molecular weight is 442 g/mol. The summed E-state index contributed by atoms with van der Waals surface area (Å²) in [6.07, 6.45) is 5.54. The maximum Gasteiger partial charge on any atom is 0.310 e. The van der Waals surface area contributed by atoms with Gasteiger partial charge >= 0.3 is 5.69 Å². The van der Waals surface area contributed by atoms with Crippen LogP contribution in [0.1, 0.15) is 29.4 Å². The van der Waals surface area contributed by atoms with Gasteiger partial charge in [0.25, 0.3) is 0 Å². The van der Waals surface area contributed by atoms with Crippen LogP contribution < -0.4 is 10.1 Å². The summed E-state index contributed by atoms with van der Waals surface area (Å²) in [6, 6.07) is 17.9. The second-order valence-corrected chi connectivity index (χ2v) is 7.47. The number of hydrogen-bond donors (Lipinski definition) is 1. The molecule has 8 heteroatoms. The summed E-state index contributed by atoms with van der Waals surface area (Å²) in [4.78, 5) is 27.1. The molecule has 2 aromatic carbocycles. The van der Waals surface area contributed by atoms with Crippen LogP contribution in [0, 0.1) is 17.0 Å². The minimum Gasteiger partial charge on any atom is -0.482 e. The highest BCUT2D eigenvalue weighted by Crippen LogP contribution is 2.30. The van der Waals surface area contributed by atoms with E-state index in [2.05, 4.69) is 10.3 Å². The van der Waals surface area contributed by atoms with Gasteiger partial charge in [-0.15, -0.1) is 0 Å². The van der Waals surface area contributed by atoms with E-state index in [0.29, 0.717) is 11.3 Å². The van der Waals surface area contributed by atoms with Crippen molar-refractivity contribution >= 4 is 35.1 Å². The summed E-state index contributed by atoms with van der Waals surface area (Å²) in [7, 11) is 0. The van der Waals surface area contributed by atoms with E-state index >= 15 is 0 Å². The lowest BCUT2D eigenvalue weighted by Gasteiger charge is -2.08. The minimum atomic E-state index is -0.455. The zero-order valence-corrected chi connectivity index (χ0v) is 18.2. The molecule has 8 nitrogen and oxygen atoms in total. The third-order valence-electron chi connectivity index (χ3n) is 5.09. The van der Waals surface area contributed by atoms with Gasteiger partial charge in [0.05, 0.1) is 16.3 Å². The first-order valence-corrected chi connectivity index (χ1v) is 10.3. The van der Waals surface area contributed by atoms with Crippen LogP contribution in [0.2, 0.25) is 0 Å². The molecule has 0 aliphatic carbocycles. The number of aryl methyl sites for hydroxylation is 1. The first-order chi connectivity index (χ1) is 15.9. The molecule has 0 bridgehead atoms. The van der Waals surface area contributed by atoms with Crippen molar-refractivity contribution in [3.63, 3.8) is 0 Å². The minimum absolute atomic E-state index is 0.0908. The number of rotatable bonds is 7. The van der Waals surface area contributed by atoms with Gasteiger partial charge in [-0.05, 0) is 48.4 Å². The van der Waals surface area contributed by atoms with E-state index in [4.69, 9.17) is 4.74 Å². The Morgan fingerprint density at radius 1 is 1.15 bits per heavy atom. The maximum atomic E-state index is 11.5. The van der Waals surface area contributed by atoms with Crippen LogP contribution in [-0.4, -0.2) is 20.2 Å². The molecule has 33 heavy (non-hydrogen) atoms. The molecule has 166 valence electrons. The molecule has 0 atom stereocenters. The topological polar surface area (TPSA) is 98.8 Å². The van der Waals surface area contributed by atoms with Crippen LogP contribution in [0.4, 0.5) is 11.4 Å². The number of carbonyl (C=O) groups is 1. The van der Waals surface area contributed by atoms with E-state index in [1.807, 2.05) is 66.1 Å². The molecule has 0 aliphatic heterocycles. The summed E-state index contributed by atoms with van der Waals surface area (Å²) in [5, 5.41) is 14.2. The van der Waals surface area contributed by atoms with Crippen molar-refractivity contribution in [1.82, 2.24) is 9.38 Å². The fraction of sp³-hybridized carbons (Fsp3) is 0.120. The molecule has 0 aliphatic rings. The van der Waals surface area contributed by atoms with E-state index in [0.717, 1.165) is 22.5 Å². The third-order valence-corrected chi connectivity index (χ3v) is 5.09. The molecule has 4 aromatic rings. The first-order valence-electron chi connectivity index (χ1n) is 10.3. The smallest absolute Gasteiger partial charge is 0.310 e. The lowest BCUT2D eigenvalue weighted by atomic mass is 10.1. The van der Waals surface area contributed by atoms with Crippen molar-refractivity contribution in [2.75, 3.05) is 5.32 Å². The average Bonchev–Trinajstić information content (AvgIpc) is 3.13. The van der Waals surface area contributed by atoms with Gasteiger partial charge < -0.3 is 14.5 Å². The van der Waals surface area contributed by atoms with E-state index < -0.39 is 4.92 Å². The van der Waals surface area contributed by atoms with Crippen molar-refractivity contribution in [3.05, 3.63) is 99.5 Å². The number of benzene rings is 2. The molecule has 0 saturated heterocycles. The number of ether oxygens (including phenoxy) is 1. The molecule has 0 spiro atoms. The Morgan fingerprint density at radius 3 is 2.67 bits per heavy atom. The number of aromatic nitrogens is 2. The summed E-state index contributed by atoms with van der Waals surface area (Å²) in [5.41, 5.74) is 4.45. The van der Waals surface area contributed by atoms with Crippen molar-refractivity contribution in [3.8, 4) is 5.75 Å². The zero-order chi connectivity index (χ0) is 23.4. The number of nitrogens with zero attached hydrogens (tertiary/aromatic N) is 3. The van der Waals surface area contributed by atoms with Gasteiger partial charge in [0, 0.05) is 24.9 Å². The first kappa shape index (κ1) is 21.8. The van der Waals surface area contributed by atoms with E-state index in [-0.39, 0.29) is 24.0 Å². The zero-order valence-electron chi connectivity index (χ0n) is 18.2. The number of carbonyl (C=O) groups excluding carboxylic acids is 1. The molecular formula is C25H22N4O4. The molecule has 2 heterocycles. The number of hydrogen-bond acceptors (Lipinski definition) is 5. The van der Waals surface area contributed by atoms with Crippen molar-refractivity contribution in [2.45, 2.75) is 20.5 Å². The number of pyridine rings is 1. The van der Waals surface area contributed by atoms with E-state index in [9.17, 15) is 14.9 Å². The van der Waals surface area contributed by atoms with Gasteiger partial charge in [0.2, 0.25) is 5.91 Å². The number of anilines is 1. The van der Waals surface area contributed by atoms with Gasteiger partial charge in [0.15, 0.2) is 11.4 Å². The number of imidazole rings is 1. The van der Waals surface area contributed by atoms with Gasteiger partial charge in [-0.1, -0.05) is 36.4 Å². The number of nitrogens with one attached hydrogen (secondary N) is 1. The standard InChI is InChI=1S/C25H22N4O4/c1-17-21(27-25-22(26-18(2)30)9-6-14-28(17)25)12-10-19-11-13-23(29(31)32)24(15-19)33-16-20-7-4-3-5-8-20/h3-15H,16H2,1-2H3,(H,26,30). The Kier molecular flexibility index (Phi) is 6.17. The van der Waals surface area contributed by atoms with E-state index in [1.165, 1.54) is 13.0 Å². The van der Waals surface area contributed by atoms with Gasteiger partial charge in [-0.2, -0.15) is 0 Å². The number of nitro groups is 1. The predicted molar refractivity (Wildman–Crippen MR) is 127 cm³/mol. The van der Waals surface area contributed by atoms with Crippen LogP contribution in [0.15, 0.2) is 66.9 Å². The summed E-state index contributed by atoms with van der Waals surface area (Å²) < 4.78 is 7.66. The predicted octanol–water partition coefficient (Wildman–Crippen LogP) is 5.26. The molecule has 1 N–H and O–H groups in total. The fourth-order valence-corrected chi connectivity index (χ4v) is 3.46. The van der Waals surface area contributed by atoms with Crippen LogP contribution in [-0.2, 0) is 11.4 Å². The Labute approximate surface area is 190 Å². The van der Waals surface area contributed by atoms with Crippen LogP contribution in [0.5, 0.6) is 5.75 Å². The van der Waals surface area contributed by atoms with Crippen molar-refractivity contribution in [2.24, 2.45) is 0 Å². The fourth-order valence-electron chi connectivity index (χ4n) is 3.46. The molecular weight excluding hydrogens is 420 g/mol. The lowest BCUT2D eigenvalue weighted by molar-refractivity contribution is -0.385. The summed E-state index contributed by atoms with van der Waals surface area (Å²) >= 11 is 0. The Morgan fingerprint density at radius 2 is 1.94 bits per heavy atom. The third kappa shape index (κ3) is 4.90. The monoisotopic (exact) mass is 442 g/mol. The maximum absolute atomic E-state index is 11.5. The molecule has 0 fully saturated rings. The SMILES string of the molecule is CC(=O)Nc1cccn2c(C)c(C=Cc3ccc([N+](=O)[O-])c(OCc4ccccc4)c3)nc12. The van der Waals surface area contributed by atoms with Crippen molar-refractivity contribution in [1.29, 1.82) is 0 Å². The van der Waals surface area contributed by atoms with Crippen LogP contribution in [0.25, 0.3) is 17.8 Å². The van der Waals surface area contributed by atoms with Gasteiger partial charge in [-0.3, -0.25) is 14.9 Å². The quantitative estimate of drug-likeness (QED) is 0.311. The van der Waals surface area contributed by atoms with Crippen LogP contribution >= 0.6 is 0 Å². The number of nitro benzene ring substituents is 1. The molecule has 0 radical (unpaired) electrons. The second kappa shape index (κ2) is 9.35. The summed E-state index contributed by atoms with van der Waals surface area (Å²) in [6.45, 7) is 3.61. The Hall–Kier alpha value is -4.46. The second-order valence-electron chi connectivity index (χ2n) is 7.47. The normalized spacial score (nSPS) is 11.1. The van der Waals surface area contributed by atoms with Gasteiger partial charge in [-0.25, -0.2) is 4.98 Å². The molecule has 4 rings (SSSR count). The molecule has 0 unspecified atom stereocenters. The molecule has 2 aromatic heterocycles. The van der Waals surface area contributed by atoms with E-state index in [1.54, 1.807) is 18.2 Å². The van der Waals surface area contributed by atoms with Gasteiger partial charge in [0.1, 0.15) is 6.61 Å². The number of fused-ring (bicyclic) bond motifs is 1. The molecule has 0 saturated carbocycles. The lowest BCUT2D eigenvalue weighted by Crippen LogP contribution is -2.07. The Bertz CT molecular complexity index is 1360. The Balaban J connectivity index is 1.62.